The molecule has 20 aromatic rings. The molecule has 19 heterocycles. The van der Waals surface area contributed by atoms with Gasteiger partial charge < -0.3 is 46.9 Å². The second-order valence-corrected chi connectivity index (χ2v) is 53.4. The minimum Gasteiger partial charge on any atom is -0.396 e. The molecule has 2 fully saturated rings. The predicted molar refractivity (Wildman–Crippen MR) is 611 cm³/mol. The third kappa shape index (κ3) is 21.7. The van der Waals surface area contributed by atoms with Crippen LogP contribution in [0.25, 0.3) is 161 Å². The molecule has 2 aliphatic carbocycles. The Morgan fingerprint density at radius 1 is 0.403 bits per heavy atom. The monoisotopic (exact) mass is 2200 g/mol. The molecule has 27 nitrogen and oxygen atoms in total. The number of anilines is 5. The summed E-state index contributed by atoms with van der Waals surface area (Å²) in [6.45, 7) is 19.4. The molecule has 5 atom stereocenters. The van der Waals surface area contributed by atoms with Crippen molar-refractivity contribution in [3.05, 3.63) is 172 Å². The molecule has 0 spiro atoms. The fourth-order valence-corrected chi connectivity index (χ4v) is 34.6. The summed E-state index contributed by atoms with van der Waals surface area (Å²) < 4.78 is 76.9. The number of hydrogen-bond donors (Lipinski definition) is 5. The number of nitrogen functional groups attached to an aromatic ring is 5. The summed E-state index contributed by atoms with van der Waals surface area (Å²) >= 11 is 15.1. The predicted octanol–water partition coefficient (Wildman–Crippen LogP) is 26.5. The van der Waals surface area contributed by atoms with E-state index in [0.717, 1.165) is 276 Å². The third-order valence-electron chi connectivity index (χ3n) is 25.2. The lowest BCUT2D eigenvalue weighted by molar-refractivity contribution is 0.505. The molecule has 22 rings (SSSR count). The number of aromatic nitrogens is 17. The molecule has 5 unspecified atom stereocenters. The number of thiophene rings is 6. The van der Waals surface area contributed by atoms with Gasteiger partial charge in [0.05, 0.1) is 123 Å². The van der Waals surface area contributed by atoms with E-state index in [2.05, 4.69) is 119 Å². The molecule has 2 aliphatic rings. The van der Waals surface area contributed by atoms with Gasteiger partial charge in [0.1, 0.15) is 105 Å². The molecule has 42 heteroatoms. The van der Waals surface area contributed by atoms with Crippen LogP contribution in [0.5, 0.6) is 0 Å². The second kappa shape index (κ2) is 46.3. The number of imidazole rings is 4. The van der Waals surface area contributed by atoms with Crippen molar-refractivity contribution in [2.24, 2.45) is 14.1 Å². The van der Waals surface area contributed by atoms with Crippen molar-refractivity contribution >= 4 is 247 Å². The minimum absolute atomic E-state index is 0.219. The van der Waals surface area contributed by atoms with Crippen LogP contribution in [0.3, 0.4) is 0 Å². The van der Waals surface area contributed by atoms with Crippen LogP contribution < -0.4 is 28.7 Å². The molecule has 1 aromatic carbocycles. The number of thiazole rings is 4. The number of nitrogens with zero attached hydrogens (tertiary/aromatic N) is 17. The fourth-order valence-electron chi connectivity index (χ4n) is 17.2. The fraction of sp³-hybridized carbons (Fsp3) is 0.324. The van der Waals surface area contributed by atoms with Crippen molar-refractivity contribution in [1.82, 2.24) is 83.1 Å². The van der Waals surface area contributed by atoms with Gasteiger partial charge in [0.25, 0.3) is 0 Å². The van der Waals surface area contributed by atoms with Crippen LogP contribution in [-0.2, 0) is 74.6 Å². The highest BCUT2D eigenvalue weighted by atomic mass is 32.2. The molecular formula is C102H110N22O5S15. The van der Waals surface area contributed by atoms with Gasteiger partial charge in [0.15, 0.2) is 0 Å². The zero-order chi connectivity index (χ0) is 101. The van der Waals surface area contributed by atoms with Crippen LogP contribution >= 0.6 is 113 Å². The first kappa shape index (κ1) is 104. The van der Waals surface area contributed by atoms with Gasteiger partial charge in [-0.15, -0.1) is 113 Å². The highest BCUT2D eigenvalue weighted by Gasteiger charge is 2.34. The van der Waals surface area contributed by atoms with E-state index in [9.17, 15) is 21.0 Å². The van der Waals surface area contributed by atoms with E-state index in [4.69, 9.17) is 58.6 Å². The molecule has 0 aliphatic heterocycles. The standard InChI is InChI=1S/C23H22N2OS3.C21H23N5OS3.C20H23N5OS3.2C19H21N5OS3/c24-21-20-17(15-8-3-1-4-9-15)14-18(19-12-7-13-27-19)25-22(20)28-23(21)29(26)16-10-5-2-6-11-16;1-3-4-9-30(27)21-18(22)17-14(16-11-24-12(2)26(16)13-5-6-13)10-15(25-20(17)29-21)19-23-7-8-28-19;1-5-6-9-29(26)20-16(21)15-13(17-23-11(2)12(3)25(17)4)10-14(24-19(15)28-20)18-22-7-8-27-18;1-4-5-8-28(25)19-15(20)14-12(16-11(2)24(3)10-22-16)9-13(23-18(14)27-19)17-21-6-7-26-17;1-3-5-10-28(25)19-15(20)14-12(16-21-6-8-24(16)4-2)11-13(23-18(14)27-19)17-22-7-9-26-17/h1,3-4,7-9,12-14,16H,2,5-6,10-11,24H2;7-8,10-11,13H,3-6,9,22H2,1-2H3;7-8,10H,5-6,9,21H2,1-4H3;6-7,9-10H,4-5,8,20H2,1-3H3;6-9,11H,3-5,10,20H2,1-2H3. The summed E-state index contributed by atoms with van der Waals surface area (Å²) in [5, 5.41) is 17.8. The topological polar surface area (TPSA) is 403 Å². The molecule has 144 heavy (non-hydrogen) atoms. The summed E-state index contributed by atoms with van der Waals surface area (Å²) in [6.07, 6.45) is 30.2. The van der Waals surface area contributed by atoms with Crippen molar-refractivity contribution in [2.45, 2.75) is 198 Å². The molecule has 0 amide bonds. The summed E-state index contributed by atoms with van der Waals surface area (Å²) in [5.74, 6) is 5.15. The lowest BCUT2D eigenvalue weighted by Gasteiger charge is -2.20. The van der Waals surface area contributed by atoms with Crippen LogP contribution in [0.1, 0.15) is 160 Å². The van der Waals surface area contributed by atoms with Crippen LogP contribution in [0.15, 0.2) is 170 Å². The SMILES string of the molecule is CCCCS(=O)c1sc2nc(-c3nccs3)cc(-c3cnc(C)n3C3CC3)c2c1N.CCCCS(=O)c1sc2nc(-c3nccs3)cc(-c3nc(C)c(C)n3C)c2c1N.CCCCS(=O)c1sc2nc(-c3nccs3)cc(-c3nccn3CC)c2c1N.CCCCS(=O)c1sc2nc(-c3nccs3)cc(-c3ncn(C)c3C)c2c1N.Nc1c(S(=O)C2CCCCC2)sc2nc(-c3cccs3)cc(-c3ccccc3)c12. The van der Waals surface area contributed by atoms with Crippen LogP contribution in [0, 0.1) is 27.7 Å². The Balaban J connectivity index is 0.000000118. The van der Waals surface area contributed by atoms with Crippen molar-refractivity contribution in [3.8, 4) is 110 Å². The first-order chi connectivity index (χ1) is 69.9. The van der Waals surface area contributed by atoms with Crippen LogP contribution in [0.4, 0.5) is 28.4 Å². The van der Waals surface area contributed by atoms with Gasteiger partial charge in [-0.2, -0.15) is 0 Å². The summed E-state index contributed by atoms with van der Waals surface area (Å²) in [4.78, 5) is 65.6. The maximum Gasteiger partial charge on any atom is 0.141 e. The lowest BCUT2D eigenvalue weighted by Crippen LogP contribution is -2.18. The number of benzene rings is 1. The number of nitrogens with two attached hydrogens (primary N) is 5. The van der Waals surface area contributed by atoms with E-state index in [1.807, 2.05) is 123 Å². The Morgan fingerprint density at radius 2 is 0.819 bits per heavy atom. The van der Waals surface area contributed by atoms with Gasteiger partial charge in [0, 0.05) is 174 Å². The van der Waals surface area contributed by atoms with Crippen LogP contribution in [0.2, 0.25) is 0 Å². The smallest absolute Gasteiger partial charge is 0.141 e. The average Bonchev–Trinajstić information content (AvgIpc) is 1.62. The number of unbranched alkanes of at least 4 members (excludes halogenated alkanes) is 4. The minimum atomic E-state index is -1.13. The van der Waals surface area contributed by atoms with E-state index < -0.39 is 54.0 Å². The Bertz CT molecular complexity index is 8070. The van der Waals surface area contributed by atoms with E-state index in [0.29, 0.717) is 70.1 Å². The third-order valence-corrected chi connectivity index (χ3v) is 44.6. The van der Waals surface area contributed by atoms with Gasteiger partial charge in [-0.05, 0) is 139 Å². The molecule has 10 N–H and O–H groups in total. The summed E-state index contributed by atoms with van der Waals surface area (Å²) in [5.41, 5.74) is 50.8. The molecule has 0 saturated heterocycles. The Labute approximate surface area is 887 Å². The largest absolute Gasteiger partial charge is 0.396 e. The first-order valence-electron chi connectivity index (χ1n) is 47.7. The van der Waals surface area contributed by atoms with Gasteiger partial charge in [-0.1, -0.05) is 109 Å². The number of rotatable bonds is 30. The number of fused-ring (bicyclic) bond motifs is 5. The summed E-state index contributed by atoms with van der Waals surface area (Å²) in [6, 6.07) is 25.1. The quantitative estimate of drug-likeness (QED) is 0.0279. The van der Waals surface area contributed by atoms with Crippen molar-refractivity contribution in [1.29, 1.82) is 0 Å². The normalized spacial score (nSPS) is 13.9. The highest BCUT2D eigenvalue weighted by Crippen LogP contribution is 2.52. The Kier molecular flexibility index (Phi) is 33.3. The first-order valence-corrected chi connectivity index (χ1v) is 62.7. The molecule has 2 saturated carbocycles. The van der Waals surface area contributed by atoms with Gasteiger partial charge in [0.2, 0.25) is 0 Å². The Morgan fingerprint density at radius 3 is 1.23 bits per heavy atom. The van der Waals surface area contributed by atoms with E-state index in [1.165, 1.54) is 75.9 Å². The zero-order valence-electron chi connectivity index (χ0n) is 81.4. The molecule has 748 valence electrons. The van der Waals surface area contributed by atoms with Crippen molar-refractivity contribution in [2.75, 3.05) is 51.7 Å². The number of hydrogen-bond acceptors (Lipinski definition) is 33. The number of pyridine rings is 5. The van der Waals surface area contributed by atoms with Gasteiger partial charge in [-0.25, -0.2) is 64.8 Å². The zero-order valence-corrected chi connectivity index (χ0v) is 93.6. The molecule has 0 bridgehead atoms. The summed E-state index contributed by atoms with van der Waals surface area (Å²) in [7, 11) is -1.58. The van der Waals surface area contributed by atoms with E-state index in [-0.39, 0.29) is 5.25 Å². The Hall–Kier alpha value is -10.4. The lowest BCUT2D eigenvalue weighted by atomic mass is 10.0. The van der Waals surface area contributed by atoms with Crippen molar-refractivity contribution < 1.29 is 21.0 Å². The molecule has 19 aromatic heterocycles. The highest BCUT2D eigenvalue weighted by molar-refractivity contribution is 7.89. The van der Waals surface area contributed by atoms with Crippen LogP contribution in [-0.4, -0.2) is 132 Å². The average molecular weight is 2210 g/mol. The molecular weight excluding hydrogens is 2090 g/mol. The molecule has 0 radical (unpaired) electrons. The maximum absolute atomic E-state index is 13.4. The second-order valence-electron chi connectivity index (χ2n) is 34.8. The maximum atomic E-state index is 13.4. The van der Waals surface area contributed by atoms with Gasteiger partial charge >= 0.3 is 0 Å². The van der Waals surface area contributed by atoms with E-state index >= 15 is 0 Å². The number of aryl methyl sites for hydroxylation is 4. The van der Waals surface area contributed by atoms with E-state index in [1.54, 1.807) is 94.0 Å². The van der Waals surface area contributed by atoms with Gasteiger partial charge in [-0.3, -0.25) is 21.0 Å². The van der Waals surface area contributed by atoms with Crippen molar-refractivity contribution in [3.63, 3.8) is 0 Å².